The second-order valence-corrected chi connectivity index (χ2v) is 7.92. The van der Waals surface area contributed by atoms with Crippen LogP contribution in [0.1, 0.15) is 33.3 Å². The highest BCUT2D eigenvalue weighted by Crippen LogP contribution is 2.27. The van der Waals surface area contributed by atoms with Crippen LogP contribution in [0, 0.1) is 0 Å². The van der Waals surface area contributed by atoms with Crippen molar-refractivity contribution in [3.63, 3.8) is 0 Å². The van der Waals surface area contributed by atoms with Crippen LogP contribution >= 0.6 is 11.8 Å². The molecule has 0 heterocycles. The maximum atomic E-state index is 11.5. The lowest BCUT2D eigenvalue weighted by Gasteiger charge is -2.05. The van der Waals surface area contributed by atoms with Gasteiger partial charge in [-0.15, -0.1) is 11.8 Å². The van der Waals surface area contributed by atoms with Crippen LogP contribution in [0.15, 0.2) is 47.4 Å². The third kappa shape index (κ3) is 12.5. The van der Waals surface area contributed by atoms with Crippen molar-refractivity contribution in [2.75, 3.05) is 12.5 Å². The molecule has 0 atom stereocenters. The molecule has 28 heavy (non-hydrogen) atoms. The van der Waals surface area contributed by atoms with Gasteiger partial charge in [0.05, 0.1) is 4.90 Å². The second kappa shape index (κ2) is 13.3. The first-order chi connectivity index (χ1) is 12.8. The van der Waals surface area contributed by atoms with Crippen LogP contribution in [0.3, 0.4) is 0 Å². The summed E-state index contributed by atoms with van der Waals surface area (Å²) in [5.41, 5.74) is 0.823. The predicted octanol–water partition coefficient (Wildman–Crippen LogP) is 5.10. The minimum Gasteiger partial charge on any atom is -0.295 e. The highest BCUT2D eigenvalue weighted by atomic mass is 32.2. The molecule has 1 aromatic carbocycles. The summed E-state index contributed by atoms with van der Waals surface area (Å²) in [4.78, 5) is 21.4. The third-order valence-corrected chi connectivity index (χ3v) is 4.67. The molecule has 0 radical (unpaired) electrons. The quantitative estimate of drug-likeness (QED) is 0.472. The standard InChI is InChI=1S/C14H16O3S2.C3H3F3O.C2H6/c1-11(15)6-4-9-14(18-2)12-7-5-8-13(10-12)19(3,16)17;1-2(7)3(4,5)6;1-2/h4-10H,1-3H3;1H3;1-2H3/b6-4+,14-9-;;. The summed E-state index contributed by atoms with van der Waals surface area (Å²) < 4.78 is 55.5. The van der Waals surface area contributed by atoms with E-state index in [9.17, 15) is 31.2 Å². The smallest absolute Gasteiger partial charge is 0.295 e. The van der Waals surface area contributed by atoms with Crippen LogP contribution < -0.4 is 0 Å². The molecule has 1 aromatic rings. The van der Waals surface area contributed by atoms with Crippen LogP contribution in [-0.4, -0.2) is 38.7 Å². The Labute approximate surface area is 168 Å². The highest BCUT2D eigenvalue weighted by molar-refractivity contribution is 8.07. The second-order valence-electron chi connectivity index (χ2n) is 5.06. The van der Waals surface area contributed by atoms with Crippen LogP contribution in [0.25, 0.3) is 4.91 Å². The number of benzene rings is 1. The fourth-order valence-electron chi connectivity index (χ4n) is 1.43. The monoisotopic (exact) mass is 438 g/mol. The fraction of sp³-hybridized carbons (Fsp3) is 0.368. The van der Waals surface area contributed by atoms with E-state index in [1.807, 2.05) is 26.2 Å². The lowest BCUT2D eigenvalue weighted by molar-refractivity contribution is -0.168. The first kappa shape index (κ1) is 28.3. The zero-order valence-electron chi connectivity index (χ0n) is 16.6. The normalized spacial score (nSPS) is 11.8. The number of Topliss-reactive ketones (excluding diaryl/α,β-unsaturated/α-hetero) is 1. The number of hydrogen-bond donors (Lipinski definition) is 0. The Morgan fingerprint density at radius 1 is 1.11 bits per heavy atom. The Kier molecular flexibility index (Phi) is 13.5. The molecule has 0 bridgehead atoms. The van der Waals surface area contributed by atoms with Crippen LogP contribution in [-0.2, 0) is 19.4 Å². The van der Waals surface area contributed by atoms with Crippen molar-refractivity contribution >= 4 is 38.1 Å². The first-order valence-electron chi connectivity index (χ1n) is 8.10. The van der Waals surface area contributed by atoms with Gasteiger partial charge in [-0.2, -0.15) is 13.2 Å². The average molecular weight is 439 g/mol. The molecule has 0 fully saturated rings. The molecule has 158 valence electrons. The molecule has 0 amide bonds. The zero-order valence-corrected chi connectivity index (χ0v) is 18.3. The van der Waals surface area contributed by atoms with Gasteiger partial charge in [0.25, 0.3) is 0 Å². The first-order valence-corrected chi connectivity index (χ1v) is 11.2. The SMILES string of the molecule is CC.CC(=O)C(F)(F)F.CS/C(=C\C=C\C(C)=O)c1cccc(S(C)(=O)=O)c1. The van der Waals surface area contributed by atoms with Gasteiger partial charge in [-0.3, -0.25) is 9.59 Å². The number of hydrogen-bond acceptors (Lipinski definition) is 5. The lowest BCUT2D eigenvalue weighted by Crippen LogP contribution is -2.18. The van der Waals surface area contributed by atoms with Crippen LogP contribution in [0.4, 0.5) is 13.2 Å². The summed E-state index contributed by atoms with van der Waals surface area (Å²) in [7, 11) is -3.21. The van der Waals surface area contributed by atoms with Crippen molar-refractivity contribution < 1.29 is 31.2 Å². The van der Waals surface area contributed by atoms with E-state index in [-0.39, 0.29) is 5.78 Å². The molecule has 1 rings (SSSR count). The van der Waals surface area contributed by atoms with Gasteiger partial charge in [-0.25, -0.2) is 8.42 Å². The summed E-state index contributed by atoms with van der Waals surface area (Å²) in [6, 6.07) is 6.77. The molecule has 4 nitrogen and oxygen atoms in total. The maximum absolute atomic E-state index is 11.5. The molecular weight excluding hydrogens is 413 g/mol. The van der Waals surface area contributed by atoms with E-state index in [1.165, 1.54) is 31.0 Å². The van der Waals surface area contributed by atoms with Gasteiger partial charge in [-0.05, 0) is 43.0 Å². The molecule has 0 aliphatic rings. The van der Waals surface area contributed by atoms with Gasteiger partial charge < -0.3 is 0 Å². The average Bonchev–Trinajstić information content (AvgIpc) is 2.59. The summed E-state index contributed by atoms with van der Waals surface area (Å²) in [5.74, 6) is -1.78. The summed E-state index contributed by atoms with van der Waals surface area (Å²) in [6.07, 6.45) is 3.39. The van der Waals surface area contributed by atoms with Crippen molar-refractivity contribution in [3.05, 3.63) is 48.1 Å². The van der Waals surface area contributed by atoms with Crippen molar-refractivity contribution in [1.29, 1.82) is 0 Å². The summed E-state index contributed by atoms with van der Waals surface area (Å²) in [6.45, 7) is 5.97. The van der Waals surface area contributed by atoms with Crippen molar-refractivity contribution in [2.45, 2.75) is 38.8 Å². The molecule has 9 heteroatoms. The number of alkyl halides is 3. The molecule has 0 unspecified atom stereocenters. The molecule has 0 aliphatic carbocycles. The Morgan fingerprint density at radius 2 is 1.61 bits per heavy atom. The van der Waals surface area contributed by atoms with E-state index in [1.54, 1.807) is 30.4 Å². The molecule has 0 saturated carbocycles. The van der Waals surface area contributed by atoms with Crippen LogP contribution in [0.2, 0.25) is 0 Å². The van der Waals surface area contributed by atoms with Crippen molar-refractivity contribution in [1.82, 2.24) is 0 Å². The van der Waals surface area contributed by atoms with E-state index < -0.39 is 21.8 Å². The van der Waals surface area contributed by atoms with Gasteiger partial charge in [-0.1, -0.05) is 32.1 Å². The van der Waals surface area contributed by atoms with Gasteiger partial charge in [0, 0.05) is 18.1 Å². The molecule has 0 N–H and O–H groups in total. The summed E-state index contributed by atoms with van der Waals surface area (Å²) >= 11 is 1.50. The molecule has 0 saturated heterocycles. The number of carbonyl (C=O) groups excluding carboxylic acids is 2. The number of rotatable bonds is 5. The highest BCUT2D eigenvalue weighted by Gasteiger charge is 2.33. The molecular formula is C19H25F3O4S2. The minimum absolute atomic E-state index is 0.0263. The van der Waals surface area contributed by atoms with Gasteiger partial charge in [0.2, 0.25) is 5.78 Å². The lowest BCUT2D eigenvalue weighted by atomic mass is 10.2. The van der Waals surface area contributed by atoms with Crippen LogP contribution in [0.5, 0.6) is 0 Å². The zero-order chi connectivity index (χ0) is 22.5. The van der Waals surface area contributed by atoms with E-state index in [4.69, 9.17) is 0 Å². The molecule has 0 aliphatic heterocycles. The topological polar surface area (TPSA) is 68.3 Å². The number of carbonyl (C=O) groups is 2. The maximum Gasteiger partial charge on any atom is 0.449 e. The van der Waals surface area contributed by atoms with Crippen molar-refractivity contribution in [3.8, 4) is 0 Å². The van der Waals surface area contributed by atoms with Gasteiger partial charge in [0.1, 0.15) is 0 Å². The van der Waals surface area contributed by atoms with E-state index >= 15 is 0 Å². The number of thioether (sulfide) groups is 1. The van der Waals surface area contributed by atoms with E-state index in [0.29, 0.717) is 11.8 Å². The van der Waals surface area contributed by atoms with Gasteiger partial charge >= 0.3 is 6.18 Å². The fourth-order valence-corrected chi connectivity index (χ4v) is 2.68. The molecule has 0 spiro atoms. The summed E-state index contributed by atoms with van der Waals surface area (Å²) in [5, 5.41) is 0. The number of ketones is 2. The Morgan fingerprint density at radius 3 is 1.96 bits per heavy atom. The number of sulfone groups is 1. The minimum atomic E-state index is -4.64. The van der Waals surface area contributed by atoms with Crippen molar-refractivity contribution in [2.24, 2.45) is 0 Å². The predicted molar refractivity (Wildman–Crippen MR) is 109 cm³/mol. The molecule has 0 aromatic heterocycles. The van der Waals surface area contributed by atoms with E-state index in [2.05, 4.69) is 0 Å². The number of halogens is 3. The third-order valence-electron chi connectivity index (χ3n) is 2.74. The Bertz CT molecular complexity index is 809. The van der Waals surface area contributed by atoms with E-state index in [0.717, 1.165) is 10.5 Å². The van der Waals surface area contributed by atoms with Gasteiger partial charge in [0.15, 0.2) is 15.6 Å². The largest absolute Gasteiger partial charge is 0.449 e. The Balaban J connectivity index is 0. The number of allylic oxidation sites excluding steroid dienone is 3. The Hall–Kier alpha value is -1.87.